The van der Waals surface area contributed by atoms with E-state index in [4.69, 9.17) is 16.3 Å². The second-order valence-electron chi connectivity index (χ2n) is 8.09. The second-order valence-corrected chi connectivity index (χ2v) is 10.4. The van der Waals surface area contributed by atoms with E-state index in [0.29, 0.717) is 17.4 Å². The van der Waals surface area contributed by atoms with Crippen LogP contribution in [0.1, 0.15) is 57.6 Å². The molecule has 0 radical (unpaired) electrons. The molecule has 8 heteroatoms. The van der Waals surface area contributed by atoms with Gasteiger partial charge in [0, 0.05) is 11.1 Å². The van der Waals surface area contributed by atoms with Gasteiger partial charge in [-0.1, -0.05) is 43.0 Å². The quantitative estimate of drug-likeness (QED) is 0.553. The topological polar surface area (TPSA) is 75.7 Å². The van der Waals surface area contributed by atoms with Crippen LogP contribution in [0.25, 0.3) is 0 Å². The Balaban J connectivity index is 1.78. The van der Waals surface area contributed by atoms with E-state index in [9.17, 15) is 13.2 Å². The summed E-state index contributed by atoms with van der Waals surface area (Å²) >= 11 is 5.94. The van der Waals surface area contributed by atoms with Crippen molar-refractivity contribution in [2.75, 3.05) is 13.2 Å². The van der Waals surface area contributed by atoms with Crippen molar-refractivity contribution in [3.8, 4) is 5.75 Å². The molecule has 2 aromatic carbocycles. The predicted molar refractivity (Wildman–Crippen MR) is 126 cm³/mol. The largest absolute Gasteiger partial charge is 0.494 e. The van der Waals surface area contributed by atoms with Crippen LogP contribution in [-0.2, 0) is 14.8 Å². The van der Waals surface area contributed by atoms with Gasteiger partial charge in [0.1, 0.15) is 5.75 Å². The van der Waals surface area contributed by atoms with Crippen LogP contribution >= 0.6 is 11.6 Å². The normalized spacial score (nSPS) is 16.0. The van der Waals surface area contributed by atoms with Crippen molar-refractivity contribution in [2.45, 2.75) is 62.9 Å². The highest BCUT2D eigenvalue weighted by Gasteiger charge is 2.34. The number of ether oxygens (including phenoxy) is 1. The van der Waals surface area contributed by atoms with Gasteiger partial charge >= 0.3 is 0 Å². The molecule has 0 saturated heterocycles. The third kappa shape index (κ3) is 6.24. The molecule has 1 saturated carbocycles. The van der Waals surface area contributed by atoms with Gasteiger partial charge in [0.2, 0.25) is 15.9 Å². The lowest BCUT2D eigenvalue weighted by atomic mass is 9.95. The van der Waals surface area contributed by atoms with Crippen LogP contribution in [0.3, 0.4) is 0 Å². The van der Waals surface area contributed by atoms with E-state index in [1.165, 1.54) is 4.31 Å². The molecule has 2 aromatic rings. The molecule has 0 aliphatic heterocycles. The Morgan fingerprint density at radius 3 is 2.31 bits per heavy atom. The summed E-state index contributed by atoms with van der Waals surface area (Å²) in [6, 6.07) is 13.2. The maximum Gasteiger partial charge on any atom is 0.243 e. The number of nitrogens with one attached hydrogen (secondary N) is 1. The van der Waals surface area contributed by atoms with Crippen molar-refractivity contribution >= 4 is 27.5 Å². The van der Waals surface area contributed by atoms with Crippen LogP contribution in [0.4, 0.5) is 0 Å². The molecule has 1 aliphatic rings. The SMILES string of the molecule is CCOc1ccc(S(=O)(=O)N(CC(=O)N[C@@H](C)c2ccc(Cl)cc2)C2CCCCC2)cc1. The van der Waals surface area contributed by atoms with Crippen molar-refractivity contribution in [2.24, 2.45) is 0 Å². The highest BCUT2D eigenvalue weighted by Crippen LogP contribution is 2.28. The van der Waals surface area contributed by atoms with Gasteiger partial charge in [0.15, 0.2) is 0 Å². The molecule has 0 aromatic heterocycles. The van der Waals surface area contributed by atoms with Gasteiger partial charge in [-0.3, -0.25) is 4.79 Å². The number of hydrogen-bond acceptors (Lipinski definition) is 4. The fraction of sp³-hybridized carbons (Fsp3) is 0.458. The summed E-state index contributed by atoms with van der Waals surface area (Å²) in [4.78, 5) is 13.1. The third-order valence-corrected chi connectivity index (χ3v) is 7.93. The van der Waals surface area contributed by atoms with Gasteiger partial charge in [-0.2, -0.15) is 4.31 Å². The first-order valence-electron chi connectivity index (χ1n) is 11.1. The number of carbonyl (C=O) groups excluding carboxylic acids is 1. The average molecular weight is 479 g/mol. The summed E-state index contributed by atoms with van der Waals surface area (Å²) in [5, 5.41) is 3.55. The molecule has 3 rings (SSSR count). The Morgan fingerprint density at radius 2 is 1.72 bits per heavy atom. The molecular formula is C24H31ClN2O4S. The standard InChI is InChI=1S/C24H31ClN2O4S/c1-3-31-22-13-15-23(16-14-22)32(29,30)27(21-7-5-4-6-8-21)17-24(28)26-18(2)19-9-11-20(25)12-10-19/h9-16,18,21H,3-8,17H2,1-2H3,(H,26,28)/t18-/m0/s1. The zero-order valence-corrected chi connectivity index (χ0v) is 20.2. The number of carbonyl (C=O) groups is 1. The summed E-state index contributed by atoms with van der Waals surface area (Å²) in [6.45, 7) is 4.04. The maximum atomic E-state index is 13.5. The highest BCUT2D eigenvalue weighted by atomic mass is 35.5. The molecular weight excluding hydrogens is 448 g/mol. The number of rotatable bonds is 9. The van der Waals surface area contributed by atoms with Crippen LogP contribution in [0.5, 0.6) is 5.75 Å². The molecule has 0 unspecified atom stereocenters. The Labute approximate surface area is 196 Å². The molecule has 0 heterocycles. The van der Waals surface area contributed by atoms with Crippen molar-refractivity contribution < 1.29 is 17.9 Å². The molecule has 1 atom stereocenters. The number of amides is 1. The Hall–Kier alpha value is -2.09. The predicted octanol–water partition coefficient (Wildman–Crippen LogP) is 4.94. The summed E-state index contributed by atoms with van der Waals surface area (Å²) in [5.41, 5.74) is 0.904. The van der Waals surface area contributed by atoms with Crippen LogP contribution < -0.4 is 10.1 Å². The first-order valence-corrected chi connectivity index (χ1v) is 12.9. The molecule has 1 amide bonds. The lowest BCUT2D eigenvalue weighted by molar-refractivity contribution is -0.122. The minimum Gasteiger partial charge on any atom is -0.494 e. The minimum absolute atomic E-state index is 0.171. The summed E-state index contributed by atoms with van der Waals surface area (Å²) in [6.07, 6.45) is 4.53. The van der Waals surface area contributed by atoms with E-state index < -0.39 is 10.0 Å². The average Bonchev–Trinajstić information content (AvgIpc) is 2.79. The molecule has 32 heavy (non-hydrogen) atoms. The van der Waals surface area contributed by atoms with Crippen molar-refractivity contribution in [1.29, 1.82) is 0 Å². The summed E-state index contributed by atoms with van der Waals surface area (Å²) < 4.78 is 33.8. The van der Waals surface area contributed by atoms with E-state index >= 15 is 0 Å². The number of nitrogens with zero attached hydrogens (tertiary/aromatic N) is 1. The fourth-order valence-electron chi connectivity index (χ4n) is 4.05. The third-order valence-electron chi connectivity index (χ3n) is 5.77. The van der Waals surface area contributed by atoms with Gasteiger partial charge in [0.25, 0.3) is 0 Å². The van der Waals surface area contributed by atoms with Crippen LogP contribution in [0.15, 0.2) is 53.4 Å². The lowest BCUT2D eigenvalue weighted by Gasteiger charge is -2.33. The van der Waals surface area contributed by atoms with Crippen molar-refractivity contribution in [3.05, 3.63) is 59.1 Å². The summed E-state index contributed by atoms with van der Waals surface area (Å²) in [5.74, 6) is 0.290. The zero-order valence-electron chi connectivity index (χ0n) is 18.6. The minimum atomic E-state index is -3.83. The van der Waals surface area contributed by atoms with Gasteiger partial charge in [-0.25, -0.2) is 8.42 Å². The lowest BCUT2D eigenvalue weighted by Crippen LogP contribution is -2.47. The molecule has 0 spiro atoms. The Morgan fingerprint density at radius 1 is 1.09 bits per heavy atom. The Bertz CT molecular complexity index is 988. The maximum absolute atomic E-state index is 13.5. The first-order chi connectivity index (χ1) is 15.3. The first kappa shape index (κ1) is 24.6. The van der Waals surface area contributed by atoms with E-state index in [1.54, 1.807) is 36.4 Å². The second kappa shape index (κ2) is 11.2. The zero-order chi connectivity index (χ0) is 23.1. The van der Waals surface area contributed by atoms with E-state index in [1.807, 2.05) is 26.0 Å². The number of sulfonamides is 1. The van der Waals surface area contributed by atoms with E-state index in [0.717, 1.165) is 37.7 Å². The number of hydrogen-bond donors (Lipinski definition) is 1. The monoisotopic (exact) mass is 478 g/mol. The molecule has 1 fully saturated rings. The highest BCUT2D eigenvalue weighted by molar-refractivity contribution is 7.89. The Kier molecular flexibility index (Phi) is 8.57. The fourth-order valence-corrected chi connectivity index (χ4v) is 5.82. The van der Waals surface area contributed by atoms with Crippen LogP contribution in [0.2, 0.25) is 5.02 Å². The molecule has 6 nitrogen and oxygen atoms in total. The van der Waals surface area contributed by atoms with Crippen molar-refractivity contribution in [3.63, 3.8) is 0 Å². The van der Waals surface area contributed by atoms with Gasteiger partial charge in [-0.15, -0.1) is 0 Å². The van der Waals surface area contributed by atoms with Gasteiger partial charge in [0.05, 0.1) is 24.1 Å². The molecule has 174 valence electrons. The van der Waals surface area contributed by atoms with Gasteiger partial charge in [-0.05, 0) is 68.7 Å². The smallest absolute Gasteiger partial charge is 0.243 e. The van der Waals surface area contributed by atoms with Gasteiger partial charge < -0.3 is 10.1 Å². The molecule has 0 bridgehead atoms. The molecule has 1 aliphatic carbocycles. The van der Waals surface area contributed by atoms with Crippen LogP contribution in [-0.4, -0.2) is 37.8 Å². The van der Waals surface area contributed by atoms with Crippen LogP contribution in [0, 0.1) is 0 Å². The molecule has 1 N–H and O–H groups in total. The number of benzene rings is 2. The van der Waals surface area contributed by atoms with Crippen molar-refractivity contribution in [1.82, 2.24) is 9.62 Å². The number of halogens is 1. The summed E-state index contributed by atoms with van der Waals surface area (Å²) in [7, 11) is -3.83. The van der Waals surface area contributed by atoms with E-state index in [-0.39, 0.29) is 29.4 Å². The van der Waals surface area contributed by atoms with E-state index in [2.05, 4.69) is 5.32 Å².